The van der Waals surface area contributed by atoms with Gasteiger partial charge in [0, 0.05) is 23.9 Å². The van der Waals surface area contributed by atoms with Gasteiger partial charge in [-0.3, -0.25) is 15.1 Å². The molecule has 0 saturated carbocycles. The topological polar surface area (TPSA) is 121 Å². The van der Waals surface area contributed by atoms with Crippen molar-refractivity contribution in [2.75, 3.05) is 18.2 Å². The van der Waals surface area contributed by atoms with Gasteiger partial charge in [0.05, 0.1) is 23.2 Å². The molecule has 1 aliphatic rings. The van der Waals surface area contributed by atoms with Gasteiger partial charge < -0.3 is 10.5 Å². The van der Waals surface area contributed by atoms with Gasteiger partial charge in [0.2, 0.25) is 0 Å². The predicted molar refractivity (Wildman–Crippen MR) is 69.1 cm³/mol. The standard InChI is InChI=1S/C10H12ClN5O3/c11-8-1-7(16(17)18)2-14-10(8)15(13)3-9(12)6-4-19-5-6/h1-3,6H,4-5,12-13H2/b9-3-. The van der Waals surface area contributed by atoms with E-state index in [0.717, 1.165) is 11.2 Å². The highest BCUT2D eigenvalue weighted by atomic mass is 35.5. The molecule has 4 N–H and O–H groups in total. The molecule has 0 bridgehead atoms. The third-order valence-corrected chi connectivity index (χ3v) is 2.94. The van der Waals surface area contributed by atoms with Crippen LogP contribution in [-0.2, 0) is 4.74 Å². The Labute approximate surface area is 113 Å². The van der Waals surface area contributed by atoms with Gasteiger partial charge in [-0.05, 0) is 0 Å². The number of hydrogen-bond donors (Lipinski definition) is 2. The van der Waals surface area contributed by atoms with Crippen molar-refractivity contribution >= 4 is 23.1 Å². The monoisotopic (exact) mass is 285 g/mol. The maximum atomic E-state index is 10.6. The minimum absolute atomic E-state index is 0.0746. The zero-order valence-electron chi connectivity index (χ0n) is 9.82. The van der Waals surface area contributed by atoms with Gasteiger partial charge in [-0.1, -0.05) is 11.6 Å². The van der Waals surface area contributed by atoms with Crippen molar-refractivity contribution in [3.63, 3.8) is 0 Å². The summed E-state index contributed by atoms with van der Waals surface area (Å²) in [6.45, 7) is 1.11. The number of nitro groups is 1. The molecule has 2 heterocycles. The zero-order valence-corrected chi connectivity index (χ0v) is 10.6. The lowest BCUT2D eigenvalue weighted by atomic mass is 10.1. The van der Waals surface area contributed by atoms with E-state index in [4.69, 9.17) is 27.9 Å². The number of halogens is 1. The van der Waals surface area contributed by atoms with E-state index in [-0.39, 0.29) is 22.4 Å². The Morgan fingerprint density at radius 1 is 1.68 bits per heavy atom. The Kier molecular flexibility index (Phi) is 3.84. The quantitative estimate of drug-likeness (QED) is 0.476. The van der Waals surface area contributed by atoms with Gasteiger partial charge in [-0.25, -0.2) is 10.8 Å². The zero-order chi connectivity index (χ0) is 14.0. The number of hydrazine groups is 1. The maximum Gasteiger partial charge on any atom is 0.289 e. The van der Waals surface area contributed by atoms with Gasteiger partial charge in [0.1, 0.15) is 6.20 Å². The summed E-state index contributed by atoms with van der Waals surface area (Å²) in [5, 5.41) is 11.8. The summed E-state index contributed by atoms with van der Waals surface area (Å²) in [5.74, 6) is 6.08. The lowest BCUT2D eigenvalue weighted by Crippen LogP contribution is -2.35. The van der Waals surface area contributed by atoms with E-state index in [0.29, 0.717) is 18.9 Å². The second-order valence-corrected chi connectivity index (χ2v) is 4.43. The first-order valence-corrected chi connectivity index (χ1v) is 5.75. The van der Waals surface area contributed by atoms with Crippen LogP contribution < -0.4 is 16.6 Å². The third kappa shape index (κ3) is 2.92. The van der Waals surface area contributed by atoms with E-state index >= 15 is 0 Å². The molecule has 0 atom stereocenters. The summed E-state index contributed by atoms with van der Waals surface area (Å²) in [6.07, 6.45) is 2.56. The van der Waals surface area contributed by atoms with E-state index in [1.807, 2.05) is 0 Å². The number of aromatic nitrogens is 1. The van der Waals surface area contributed by atoms with Gasteiger partial charge in [0.25, 0.3) is 5.69 Å². The molecule has 9 heteroatoms. The van der Waals surface area contributed by atoms with Crippen molar-refractivity contribution in [2.24, 2.45) is 17.5 Å². The summed E-state index contributed by atoms with van der Waals surface area (Å²) in [7, 11) is 0. The predicted octanol–water partition coefficient (Wildman–Crippen LogP) is 0.770. The summed E-state index contributed by atoms with van der Waals surface area (Å²) in [4.78, 5) is 13.8. The van der Waals surface area contributed by atoms with E-state index in [2.05, 4.69) is 4.98 Å². The number of pyridine rings is 1. The number of anilines is 1. The molecule has 0 aromatic carbocycles. The molecule has 8 nitrogen and oxygen atoms in total. The smallest absolute Gasteiger partial charge is 0.289 e. The van der Waals surface area contributed by atoms with Crippen molar-refractivity contribution in [2.45, 2.75) is 0 Å². The fourth-order valence-electron chi connectivity index (χ4n) is 1.47. The van der Waals surface area contributed by atoms with Crippen molar-refractivity contribution in [3.8, 4) is 0 Å². The summed E-state index contributed by atoms with van der Waals surface area (Å²) in [5.41, 5.74) is 6.17. The third-order valence-electron chi connectivity index (χ3n) is 2.66. The van der Waals surface area contributed by atoms with Crippen molar-refractivity contribution < 1.29 is 9.66 Å². The number of ether oxygens (including phenoxy) is 1. The Morgan fingerprint density at radius 3 is 2.84 bits per heavy atom. The highest BCUT2D eigenvalue weighted by Crippen LogP contribution is 2.26. The summed E-state index contributed by atoms with van der Waals surface area (Å²) < 4.78 is 5.01. The largest absolute Gasteiger partial charge is 0.400 e. The molecule has 2 rings (SSSR count). The number of nitrogens with zero attached hydrogens (tertiary/aromatic N) is 3. The molecular formula is C10H12ClN5O3. The Bertz CT molecular complexity index is 532. The van der Waals surface area contributed by atoms with Crippen LogP contribution in [0.15, 0.2) is 24.2 Å². The molecule has 1 saturated heterocycles. The molecule has 0 spiro atoms. The lowest BCUT2D eigenvalue weighted by molar-refractivity contribution is -0.385. The van der Waals surface area contributed by atoms with Crippen LogP contribution in [0.5, 0.6) is 0 Å². The van der Waals surface area contributed by atoms with E-state index < -0.39 is 4.92 Å². The van der Waals surface area contributed by atoms with Crippen LogP contribution in [0.1, 0.15) is 0 Å². The van der Waals surface area contributed by atoms with Crippen LogP contribution in [0, 0.1) is 16.0 Å². The van der Waals surface area contributed by atoms with Crippen molar-refractivity contribution in [3.05, 3.63) is 39.3 Å². The highest BCUT2D eigenvalue weighted by Gasteiger charge is 2.22. The first-order chi connectivity index (χ1) is 8.99. The fraction of sp³-hybridized carbons (Fsp3) is 0.300. The van der Waals surface area contributed by atoms with Crippen LogP contribution >= 0.6 is 11.6 Å². The van der Waals surface area contributed by atoms with E-state index in [9.17, 15) is 10.1 Å². The molecule has 0 amide bonds. The van der Waals surface area contributed by atoms with E-state index in [1.165, 1.54) is 12.3 Å². The minimum atomic E-state index is -0.584. The normalized spacial score (nSPS) is 16.0. The Morgan fingerprint density at radius 2 is 2.37 bits per heavy atom. The average molecular weight is 286 g/mol. The number of nitrogens with two attached hydrogens (primary N) is 2. The fourth-order valence-corrected chi connectivity index (χ4v) is 1.72. The molecule has 1 fully saturated rings. The molecule has 102 valence electrons. The molecule has 1 aromatic heterocycles. The molecule has 0 aliphatic carbocycles. The van der Waals surface area contributed by atoms with Crippen LogP contribution in [0.4, 0.5) is 11.5 Å². The first kappa shape index (κ1) is 13.5. The second kappa shape index (κ2) is 5.39. The first-order valence-electron chi connectivity index (χ1n) is 5.38. The SMILES string of the molecule is N/C(=C\N(N)c1ncc([N+](=O)[O-])cc1Cl)C1COC1. The van der Waals surface area contributed by atoms with Crippen LogP contribution in [0.3, 0.4) is 0 Å². The van der Waals surface area contributed by atoms with Gasteiger partial charge in [0.15, 0.2) is 5.82 Å². The molecule has 0 radical (unpaired) electrons. The Hall–Kier alpha value is -1.90. The molecule has 1 aromatic rings. The van der Waals surface area contributed by atoms with Gasteiger partial charge in [-0.15, -0.1) is 0 Å². The second-order valence-electron chi connectivity index (χ2n) is 4.03. The van der Waals surface area contributed by atoms with Gasteiger partial charge in [-0.2, -0.15) is 0 Å². The van der Waals surface area contributed by atoms with E-state index in [1.54, 1.807) is 0 Å². The summed E-state index contributed by atoms with van der Waals surface area (Å²) in [6, 6.07) is 1.18. The van der Waals surface area contributed by atoms with Crippen LogP contribution in [-0.4, -0.2) is 23.1 Å². The van der Waals surface area contributed by atoms with Crippen LogP contribution in [0.2, 0.25) is 5.02 Å². The maximum absolute atomic E-state index is 10.6. The van der Waals surface area contributed by atoms with Crippen molar-refractivity contribution in [1.29, 1.82) is 0 Å². The molecule has 0 unspecified atom stereocenters. The van der Waals surface area contributed by atoms with Crippen molar-refractivity contribution in [1.82, 2.24) is 4.98 Å². The number of hydrogen-bond acceptors (Lipinski definition) is 7. The number of rotatable bonds is 4. The highest BCUT2D eigenvalue weighted by molar-refractivity contribution is 6.33. The average Bonchev–Trinajstić information content (AvgIpc) is 2.25. The minimum Gasteiger partial charge on any atom is -0.400 e. The lowest BCUT2D eigenvalue weighted by Gasteiger charge is -2.27. The Balaban J connectivity index is 2.19. The summed E-state index contributed by atoms with van der Waals surface area (Å²) >= 11 is 5.90. The molecule has 1 aliphatic heterocycles. The van der Waals surface area contributed by atoms with Crippen LogP contribution in [0.25, 0.3) is 0 Å². The molecular weight excluding hydrogens is 274 g/mol. The van der Waals surface area contributed by atoms with Gasteiger partial charge >= 0.3 is 0 Å². The molecule has 19 heavy (non-hydrogen) atoms.